The van der Waals surface area contributed by atoms with Crippen molar-refractivity contribution in [3.8, 4) is 0 Å². The molecule has 0 atom stereocenters. The molecular formula is C13H10ClF3O3. The second-order valence-corrected chi connectivity index (χ2v) is 4.23. The number of rotatable bonds is 4. The average Bonchev–Trinajstić information content (AvgIpc) is 2.33. The maximum atomic E-state index is 12.0. The van der Waals surface area contributed by atoms with Gasteiger partial charge in [0.15, 0.2) is 12.4 Å². The normalized spacial score (nSPS) is 12.2. The highest BCUT2D eigenvalue weighted by atomic mass is 35.5. The van der Waals surface area contributed by atoms with Gasteiger partial charge in [-0.25, -0.2) is 4.79 Å². The molecule has 0 aliphatic carbocycles. The van der Waals surface area contributed by atoms with Crippen LogP contribution in [0.4, 0.5) is 13.2 Å². The van der Waals surface area contributed by atoms with Crippen LogP contribution in [0.2, 0.25) is 5.02 Å². The molecule has 0 aliphatic heterocycles. The molecule has 0 unspecified atom stereocenters. The maximum absolute atomic E-state index is 12.0. The molecule has 1 aromatic rings. The first-order chi connectivity index (χ1) is 9.20. The van der Waals surface area contributed by atoms with E-state index in [9.17, 15) is 22.8 Å². The Morgan fingerprint density at radius 3 is 2.40 bits per heavy atom. The van der Waals surface area contributed by atoms with Gasteiger partial charge in [0.05, 0.1) is 0 Å². The molecule has 0 saturated heterocycles. The Balaban J connectivity index is 2.98. The number of benzene rings is 1. The molecule has 0 radical (unpaired) electrons. The maximum Gasteiger partial charge on any atom is 0.422 e. The van der Waals surface area contributed by atoms with E-state index in [-0.39, 0.29) is 5.02 Å². The number of hydrogen-bond donors (Lipinski definition) is 0. The molecule has 1 aromatic carbocycles. The fourth-order valence-electron chi connectivity index (χ4n) is 1.28. The second-order valence-electron chi connectivity index (χ2n) is 3.83. The Bertz CT molecular complexity index is 550. The zero-order chi connectivity index (χ0) is 15.3. The minimum absolute atomic E-state index is 0.259. The Labute approximate surface area is 118 Å². The summed E-state index contributed by atoms with van der Waals surface area (Å²) in [6.07, 6.45) is -3.55. The zero-order valence-corrected chi connectivity index (χ0v) is 11.1. The zero-order valence-electron chi connectivity index (χ0n) is 10.3. The molecule has 0 aliphatic rings. The van der Waals surface area contributed by atoms with Crippen molar-refractivity contribution in [3.63, 3.8) is 0 Å². The summed E-state index contributed by atoms with van der Waals surface area (Å²) in [6, 6.07) is 6.28. The lowest BCUT2D eigenvalue weighted by atomic mass is 10.1. The number of esters is 1. The summed E-state index contributed by atoms with van der Waals surface area (Å²) in [7, 11) is 0. The highest BCUT2D eigenvalue weighted by Crippen LogP contribution is 2.20. The summed E-state index contributed by atoms with van der Waals surface area (Å²) < 4.78 is 40.0. The Morgan fingerprint density at radius 2 is 1.90 bits per heavy atom. The van der Waals surface area contributed by atoms with Crippen LogP contribution in [0, 0.1) is 0 Å². The van der Waals surface area contributed by atoms with Crippen molar-refractivity contribution >= 4 is 29.4 Å². The van der Waals surface area contributed by atoms with Crippen LogP contribution < -0.4 is 0 Å². The van der Waals surface area contributed by atoms with Gasteiger partial charge in [0.1, 0.15) is 5.57 Å². The lowest BCUT2D eigenvalue weighted by molar-refractivity contribution is -0.183. The first-order valence-corrected chi connectivity index (χ1v) is 5.79. The highest BCUT2D eigenvalue weighted by molar-refractivity contribution is 6.32. The van der Waals surface area contributed by atoms with Crippen molar-refractivity contribution in [1.82, 2.24) is 0 Å². The van der Waals surface area contributed by atoms with Gasteiger partial charge in [0.2, 0.25) is 0 Å². The first kappa shape index (κ1) is 16.2. The van der Waals surface area contributed by atoms with Crippen LogP contribution in [0.3, 0.4) is 0 Å². The van der Waals surface area contributed by atoms with Gasteiger partial charge in [0.25, 0.3) is 0 Å². The standard InChI is InChI=1S/C13H10ClF3O3/c1-8(18)10(12(19)20-7-13(15,16)17)6-9-4-2-3-5-11(9)14/h2-6H,7H2,1H3/b10-6-. The Kier molecular flexibility index (Phi) is 5.33. The van der Waals surface area contributed by atoms with Gasteiger partial charge in [-0.15, -0.1) is 0 Å². The first-order valence-electron chi connectivity index (χ1n) is 5.42. The summed E-state index contributed by atoms with van der Waals surface area (Å²) >= 11 is 5.84. The summed E-state index contributed by atoms with van der Waals surface area (Å²) in [4.78, 5) is 22.8. The van der Waals surface area contributed by atoms with Crippen molar-refractivity contribution in [1.29, 1.82) is 0 Å². The largest absolute Gasteiger partial charge is 0.452 e. The molecule has 7 heteroatoms. The van der Waals surface area contributed by atoms with Crippen LogP contribution in [0.25, 0.3) is 6.08 Å². The topological polar surface area (TPSA) is 43.4 Å². The molecular weight excluding hydrogens is 297 g/mol. The van der Waals surface area contributed by atoms with Crippen LogP contribution in [-0.2, 0) is 14.3 Å². The van der Waals surface area contributed by atoms with Crippen LogP contribution in [0.1, 0.15) is 12.5 Å². The van der Waals surface area contributed by atoms with Gasteiger partial charge in [0, 0.05) is 5.02 Å². The van der Waals surface area contributed by atoms with E-state index in [1.54, 1.807) is 12.1 Å². The van der Waals surface area contributed by atoms with Gasteiger partial charge >= 0.3 is 12.1 Å². The second kappa shape index (κ2) is 6.56. The highest BCUT2D eigenvalue weighted by Gasteiger charge is 2.30. The van der Waals surface area contributed by atoms with Crippen molar-refractivity contribution in [3.05, 3.63) is 40.4 Å². The average molecular weight is 307 g/mol. The van der Waals surface area contributed by atoms with Crippen molar-refractivity contribution < 1.29 is 27.5 Å². The van der Waals surface area contributed by atoms with Crippen LogP contribution in [0.15, 0.2) is 29.8 Å². The number of ether oxygens (including phenoxy) is 1. The monoisotopic (exact) mass is 306 g/mol. The predicted octanol–water partition coefficient (Wildman–Crippen LogP) is 3.42. The number of ketones is 1. The molecule has 0 N–H and O–H groups in total. The van der Waals surface area contributed by atoms with E-state index >= 15 is 0 Å². The van der Waals surface area contributed by atoms with Gasteiger partial charge in [-0.3, -0.25) is 4.79 Å². The summed E-state index contributed by atoms with van der Waals surface area (Å²) in [5.74, 6) is -2.05. The molecule has 0 spiro atoms. The minimum Gasteiger partial charge on any atom is -0.452 e. The molecule has 0 fully saturated rings. The summed E-state index contributed by atoms with van der Waals surface area (Å²) in [6.45, 7) is -0.698. The molecule has 0 bridgehead atoms. The smallest absolute Gasteiger partial charge is 0.422 e. The van der Waals surface area contributed by atoms with Crippen molar-refractivity contribution in [2.24, 2.45) is 0 Å². The van der Waals surface area contributed by atoms with E-state index in [4.69, 9.17) is 11.6 Å². The quantitative estimate of drug-likeness (QED) is 0.370. The molecule has 0 heterocycles. The van der Waals surface area contributed by atoms with E-state index in [0.29, 0.717) is 5.56 Å². The molecule has 1 rings (SSSR count). The van der Waals surface area contributed by atoms with Crippen molar-refractivity contribution in [2.45, 2.75) is 13.1 Å². The van der Waals surface area contributed by atoms with Crippen LogP contribution in [0.5, 0.6) is 0 Å². The third-order valence-electron chi connectivity index (χ3n) is 2.17. The van der Waals surface area contributed by atoms with Crippen LogP contribution >= 0.6 is 11.6 Å². The van der Waals surface area contributed by atoms with Gasteiger partial charge in [-0.1, -0.05) is 29.8 Å². The van der Waals surface area contributed by atoms with Gasteiger partial charge in [-0.05, 0) is 24.6 Å². The Hall–Kier alpha value is -1.82. The number of carbonyl (C=O) groups is 2. The number of hydrogen-bond acceptors (Lipinski definition) is 3. The van der Waals surface area contributed by atoms with E-state index in [1.165, 1.54) is 12.1 Å². The fourth-order valence-corrected chi connectivity index (χ4v) is 1.47. The SMILES string of the molecule is CC(=O)/C(=C/c1ccccc1Cl)C(=O)OCC(F)(F)F. The number of alkyl halides is 3. The van der Waals surface area contributed by atoms with E-state index < -0.39 is 30.1 Å². The molecule has 0 saturated carbocycles. The molecule has 108 valence electrons. The lowest BCUT2D eigenvalue weighted by Gasteiger charge is -2.09. The lowest BCUT2D eigenvalue weighted by Crippen LogP contribution is -2.23. The third kappa shape index (κ3) is 5.05. The molecule has 20 heavy (non-hydrogen) atoms. The fraction of sp³-hybridized carbons (Fsp3) is 0.231. The van der Waals surface area contributed by atoms with Crippen molar-refractivity contribution in [2.75, 3.05) is 6.61 Å². The number of carbonyl (C=O) groups excluding carboxylic acids is 2. The number of halogens is 4. The summed E-state index contributed by atoms with van der Waals surface area (Å²) in [5.41, 5.74) is -0.161. The predicted molar refractivity (Wildman–Crippen MR) is 67.1 cm³/mol. The van der Waals surface area contributed by atoms with E-state index in [1.807, 2.05) is 0 Å². The Morgan fingerprint density at radius 1 is 1.30 bits per heavy atom. The van der Waals surface area contributed by atoms with E-state index in [2.05, 4.69) is 4.74 Å². The summed E-state index contributed by atoms with van der Waals surface area (Å²) in [5, 5.41) is 0.259. The van der Waals surface area contributed by atoms with Crippen LogP contribution in [-0.4, -0.2) is 24.5 Å². The minimum atomic E-state index is -4.65. The molecule has 0 amide bonds. The van der Waals surface area contributed by atoms with Gasteiger partial charge in [-0.2, -0.15) is 13.2 Å². The van der Waals surface area contributed by atoms with E-state index in [0.717, 1.165) is 13.0 Å². The number of Topliss-reactive ketones (excluding diaryl/α,β-unsaturated/α-hetero) is 1. The molecule has 3 nitrogen and oxygen atoms in total. The molecule has 0 aromatic heterocycles. The van der Waals surface area contributed by atoms with Gasteiger partial charge < -0.3 is 4.74 Å². The third-order valence-corrected chi connectivity index (χ3v) is 2.52.